The third-order valence-electron chi connectivity index (χ3n) is 4.37. The van der Waals surface area contributed by atoms with Gasteiger partial charge in [-0.1, -0.05) is 17.6 Å². The van der Waals surface area contributed by atoms with Crippen LogP contribution in [-0.4, -0.2) is 49.5 Å². The van der Waals surface area contributed by atoms with Crippen molar-refractivity contribution in [3.8, 4) is 0 Å². The largest absolute Gasteiger partial charge is 0.427 e. The minimum absolute atomic E-state index is 0.0231. The van der Waals surface area contributed by atoms with Crippen LogP contribution in [0.25, 0.3) is 0 Å². The molecule has 0 unspecified atom stereocenters. The summed E-state index contributed by atoms with van der Waals surface area (Å²) in [7, 11) is -3.52. The molecule has 1 radical (unpaired) electrons. The molecule has 0 bridgehead atoms. The van der Waals surface area contributed by atoms with Gasteiger partial charge >= 0.3 is 13.7 Å². The number of rotatable bonds is 8. The van der Waals surface area contributed by atoms with Crippen LogP contribution in [-0.2, 0) is 20.9 Å². The average Bonchev–Trinajstić information content (AvgIpc) is 2.50. The highest BCUT2D eigenvalue weighted by Gasteiger charge is 2.40. The first-order chi connectivity index (χ1) is 12.3. The van der Waals surface area contributed by atoms with Crippen LogP contribution < -0.4 is 10.2 Å². The molecule has 6 nitrogen and oxygen atoms in total. The van der Waals surface area contributed by atoms with Gasteiger partial charge in [-0.2, -0.15) is 13.2 Å². The summed E-state index contributed by atoms with van der Waals surface area (Å²) >= 11 is 0. The Morgan fingerprint density at radius 2 is 1.64 bits per heavy atom. The smallest absolute Gasteiger partial charge is 0.417 e. The maximum absolute atomic E-state index is 13.5. The van der Waals surface area contributed by atoms with Crippen molar-refractivity contribution in [3.05, 3.63) is 23.8 Å². The van der Waals surface area contributed by atoms with Crippen LogP contribution in [0.3, 0.4) is 0 Å². The fourth-order valence-electron chi connectivity index (χ4n) is 1.89. The fourth-order valence-corrected chi connectivity index (χ4v) is 3.50. The summed E-state index contributed by atoms with van der Waals surface area (Å²) in [6, 6.07) is 2.64. The van der Waals surface area contributed by atoms with Crippen molar-refractivity contribution < 1.29 is 36.5 Å². The van der Waals surface area contributed by atoms with Crippen LogP contribution >= 0.6 is 0 Å². The van der Waals surface area contributed by atoms with Crippen molar-refractivity contribution in [1.29, 1.82) is 0 Å². The van der Waals surface area contributed by atoms with Gasteiger partial charge in [0.2, 0.25) is 10.0 Å². The average molecular weight is 424 g/mol. The van der Waals surface area contributed by atoms with Crippen LogP contribution in [0.5, 0.6) is 0 Å². The van der Waals surface area contributed by atoms with E-state index in [9.17, 15) is 31.8 Å². The highest BCUT2D eigenvalue weighted by molar-refractivity contribution is 7.89. The van der Waals surface area contributed by atoms with E-state index in [0.717, 1.165) is 19.6 Å². The molecule has 0 fully saturated rings. The molecule has 0 spiro atoms. The van der Waals surface area contributed by atoms with Crippen molar-refractivity contribution in [1.82, 2.24) is 4.72 Å². The van der Waals surface area contributed by atoms with E-state index in [1.165, 1.54) is 27.7 Å². The van der Waals surface area contributed by atoms with Gasteiger partial charge in [-0.3, -0.25) is 0 Å². The molecule has 0 atom stereocenters. The summed E-state index contributed by atoms with van der Waals surface area (Å²) in [4.78, 5) is -0.958. The summed E-state index contributed by atoms with van der Waals surface area (Å²) < 4.78 is 72.9. The third kappa shape index (κ3) is 6.18. The number of sulfonamides is 1. The zero-order chi connectivity index (χ0) is 22.2. The number of hydrogen-bond acceptors (Lipinski definition) is 5. The lowest BCUT2D eigenvalue weighted by atomic mass is 9.82. The fraction of sp³-hybridized carbons (Fsp3) is 0.647. The molecule has 3 N–H and O–H groups in total. The van der Waals surface area contributed by atoms with E-state index in [4.69, 9.17) is 4.65 Å². The number of aliphatic hydroxyl groups excluding tert-OH is 1. The highest BCUT2D eigenvalue weighted by Crippen LogP contribution is 2.34. The Bertz CT molecular complexity index is 802. The van der Waals surface area contributed by atoms with Gasteiger partial charge in [-0.25, -0.2) is 13.1 Å². The van der Waals surface area contributed by atoms with E-state index >= 15 is 0 Å². The Morgan fingerprint density at radius 1 is 1.11 bits per heavy atom. The lowest BCUT2D eigenvalue weighted by molar-refractivity contribution is -0.139. The normalized spacial score (nSPS) is 14.2. The molecule has 0 saturated carbocycles. The lowest BCUT2D eigenvalue weighted by Crippen LogP contribution is -2.49. The molecule has 11 heteroatoms. The SMILES string of the molecule is CC(C)(CO)NS(=O)(=O)c1ccc([B]OC(C)(C)C(C)(C)O)cc1C(F)(F)F. The lowest BCUT2D eigenvalue weighted by Gasteiger charge is -2.37. The van der Waals surface area contributed by atoms with Crippen LogP contribution in [0.4, 0.5) is 13.2 Å². The molecule has 159 valence electrons. The van der Waals surface area contributed by atoms with Crippen molar-refractivity contribution in [3.63, 3.8) is 0 Å². The maximum atomic E-state index is 13.5. The van der Waals surface area contributed by atoms with Gasteiger partial charge in [0.05, 0.1) is 33.8 Å². The van der Waals surface area contributed by atoms with Crippen molar-refractivity contribution in [2.24, 2.45) is 0 Å². The number of hydrogen-bond donors (Lipinski definition) is 3. The van der Waals surface area contributed by atoms with Gasteiger partial charge in [0.25, 0.3) is 0 Å². The van der Waals surface area contributed by atoms with Gasteiger partial charge in [-0.15, -0.1) is 0 Å². The van der Waals surface area contributed by atoms with E-state index in [-0.39, 0.29) is 5.46 Å². The van der Waals surface area contributed by atoms with Crippen LogP contribution in [0.15, 0.2) is 23.1 Å². The predicted molar refractivity (Wildman–Crippen MR) is 99.8 cm³/mol. The molecule has 1 aromatic carbocycles. The van der Waals surface area contributed by atoms with E-state index in [1.54, 1.807) is 13.8 Å². The van der Waals surface area contributed by atoms with Crippen molar-refractivity contribution >= 4 is 23.0 Å². The van der Waals surface area contributed by atoms with Crippen LogP contribution in [0.1, 0.15) is 47.1 Å². The summed E-state index contributed by atoms with van der Waals surface area (Å²) in [5, 5.41) is 19.3. The minimum Gasteiger partial charge on any atom is -0.427 e. The Morgan fingerprint density at radius 3 is 2.07 bits per heavy atom. The molecule has 0 amide bonds. The first-order valence-electron chi connectivity index (χ1n) is 8.42. The number of alkyl halides is 3. The Balaban J connectivity index is 3.31. The molecular weight excluding hydrogens is 398 g/mol. The van der Waals surface area contributed by atoms with Gasteiger partial charge < -0.3 is 14.9 Å². The van der Waals surface area contributed by atoms with E-state index in [1.807, 2.05) is 0 Å². The minimum atomic E-state index is -4.94. The standard InChI is InChI=1S/C17H26BF3NO5S/c1-14(2,10-23)22-28(25,26)13-8-7-11(9-12(13)17(19,20)21)18-27-16(5,6)15(3,4)24/h7-9,22-24H,10H2,1-6H3. The maximum Gasteiger partial charge on any atom is 0.417 e. The molecule has 0 aromatic heterocycles. The van der Waals surface area contributed by atoms with Crippen molar-refractivity contribution in [2.45, 2.75) is 69.4 Å². The van der Waals surface area contributed by atoms with E-state index in [2.05, 4.69) is 4.72 Å². The molecule has 0 aliphatic carbocycles. The molecule has 1 rings (SSSR count). The number of benzene rings is 1. The Kier molecular flexibility index (Phi) is 7.07. The second kappa shape index (κ2) is 7.94. The third-order valence-corrected chi connectivity index (χ3v) is 6.12. The van der Waals surface area contributed by atoms with Gasteiger partial charge in [-0.05, 0) is 47.6 Å². The predicted octanol–water partition coefficient (Wildman–Crippen LogP) is 1.57. The molecule has 0 heterocycles. The highest BCUT2D eigenvalue weighted by atomic mass is 32.2. The first-order valence-corrected chi connectivity index (χ1v) is 9.90. The van der Waals surface area contributed by atoms with Gasteiger partial charge in [0, 0.05) is 0 Å². The second-order valence-electron chi connectivity index (χ2n) is 8.21. The van der Waals surface area contributed by atoms with E-state index in [0.29, 0.717) is 6.07 Å². The van der Waals surface area contributed by atoms with Crippen molar-refractivity contribution in [2.75, 3.05) is 6.61 Å². The molecule has 0 aliphatic rings. The number of nitrogens with one attached hydrogen (secondary N) is 1. The molecule has 28 heavy (non-hydrogen) atoms. The Hall–Kier alpha value is -1.14. The molecule has 1 aromatic rings. The topological polar surface area (TPSA) is 95.9 Å². The zero-order valence-corrected chi connectivity index (χ0v) is 17.5. The van der Waals surface area contributed by atoms with Crippen LogP contribution in [0.2, 0.25) is 0 Å². The molecular formula is C17H26BF3NO5S. The zero-order valence-electron chi connectivity index (χ0n) is 16.7. The second-order valence-corrected chi connectivity index (χ2v) is 9.86. The van der Waals surface area contributed by atoms with Gasteiger partial charge in [0.1, 0.15) is 0 Å². The summed E-state index contributed by atoms with van der Waals surface area (Å²) in [6.07, 6.45) is -4.94. The summed E-state index contributed by atoms with van der Waals surface area (Å²) in [5.74, 6) is 0. The molecule has 0 saturated heterocycles. The summed E-state index contributed by atoms with van der Waals surface area (Å²) in [6.45, 7) is 8.19. The first kappa shape index (κ1) is 24.9. The van der Waals surface area contributed by atoms with E-state index < -0.39 is 50.0 Å². The Labute approximate surface area is 164 Å². The van der Waals surface area contributed by atoms with Gasteiger partial charge in [0.15, 0.2) is 0 Å². The molecule has 0 aliphatic heterocycles. The number of aliphatic hydroxyl groups is 2. The summed E-state index contributed by atoms with van der Waals surface area (Å²) in [5.41, 5.74) is -5.12. The quantitative estimate of drug-likeness (QED) is 0.551. The van der Waals surface area contributed by atoms with Crippen LogP contribution in [0, 0.1) is 0 Å². The monoisotopic (exact) mass is 424 g/mol. The number of halogens is 3.